The summed E-state index contributed by atoms with van der Waals surface area (Å²) < 4.78 is 13.1. The molecule has 1 unspecified atom stereocenters. The molecule has 5 nitrogen and oxygen atoms in total. The van der Waals surface area contributed by atoms with Gasteiger partial charge in [0.05, 0.1) is 11.4 Å². The predicted molar refractivity (Wildman–Crippen MR) is 77.5 cm³/mol. The third-order valence-electron chi connectivity index (χ3n) is 3.62. The zero-order valence-corrected chi connectivity index (χ0v) is 11.6. The summed E-state index contributed by atoms with van der Waals surface area (Å²) in [6.07, 6.45) is 3.09. The molecule has 1 aliphatic rings. The molecule has 2 aromatic rings. The van der Waals surface area contributed by atoms with Crippen LogP contribution in [0.1, 0.15) is 29.2 Å². The summed E-state index contributed by atoms with van der Waals surface area (Å²) in [5.74, 6) is 0.166. The number of hydrogen-bond donors (Lipinski definition) is 1. The van der Waals surface area contributed by atoms with Crippen molar-refractivity contribution in [2.45, 2.75) is 18.8 Å². The maximum Gasteiger partial charge on any atom is 0.220 e. The number of nitrogens with zero attached hydrogens (tertiary/aromatic N) is 3. The number of halogens is 1. The summed E-state index contributed by atoms with van der Waals surface area (Å²) in [7, 11) is 1.51. The molecule has 0 aliphatic heterocycles. The van der Waals surface area contributed by atoms with Crippen molar-refractivity contribution in [2.24, 2.45) is 5.16 Å². The average molecular weight is 286 g/mol. The number of benzene rings is 1. The molecule has 0 fully saturated rings. The van der Waals surface area contributed by atoms with Crippen molar-refractivity contribution in [3.63, 3.8) is 0 Å². The summed E-state index contributed by atoms with van der Waals surface area (Å²) in [5.41, 5.74) is 9.20. The number of rotatable bonds is 2. The molecule has 0 saturated heterocycles. The van der Waals surface area contributed by atoms with Crippen molar-refractivity contribution < 1.29 is 9.23 Å². The van der Waals surface area contributed by atoms with Crippen LogP contribution in [-0.2, 0) is 11.3 Å². The predicted octanol–water partition coefficient (Wildman–Crippen LogP) is 2.28. The second kappa shape index (κ2) is 5.47. The van der Waals surface area contributed by atoms with Crippen LogP contribution in [0.3, 0.4) is 0 Å². The number of hydrogen-bond acceptors (Lipinski definition) is 5. The molecule has 0 radical (unpaired) electrons. The van der Waals surface area contributed by atoms with Gasteiger partial charge in [0.2, 0.25) is 5.95 Å². The molecule has 1 aromatic carbocycles. The molecule has 0 amide bonds. The fourth-order valence-electron chi connectivity index (χ4n) is 2.65. The lowest BCUT2D eigenvalue weighted by molar-refractivity contribution is 0.212. The Kier molecular flexibility index (Phi) is 3.51. The number of aromatic nitrogens is 2. The molecule has 2 N–H and O–H groups in total. The fourth-order valence-corrected chi connectivity index (χ4v) is 2.65. The van der Waals surface area contributed by atoms with E-state index in [1.54, 1.807) is 18.3 Å². The van der Waals surface area contributed by atoms with Crippen molar-refractivity contribution in [3.05, 3.63) is 53.1 Å². The molecule has 0 spiro atoms. The lowest BCUT2D eigenvalue weighted by atomic mass is 9.82. The SMILES string of the molecule is CON=C1CC(c2ccc(F)cc2)Cc2nc(N)ncc21. The van der Waals surface area contributed by atoms with Crippen LogP contribution in [-0.4, -0.2) is 22.8 Å². The zero-order chi connectivity index (χ0) is 14.8. The molecule has 1 atom stereocenters. The van der Waals surface area contributed by atoms with E-state index in [-0.39, 0.29) is 17.7 Å². The highest BCUT2D eigenvalue weighted by Crippen LogP contribution is 2.32. The lowest BCUT2D eigenvalue weighted by Gasteiger charge is -2.24. The largest absolute Gasteiger partial charge is 0.399 e. The van der Waals surface area contributed by atoms with E-state index in [1.165, 1.54) is 19.2 Å². The third kappa shape index (κ3) is 2.69. The monoisotopic (exact) mass is 286 g/mol. The number of anilines is 1. The van der Waals surface area contributed by atoms with Gasteiger partial charge in [-0.1, -0.05) is 17.3 Å². The van der Waals surface area contributed by atoms with Crippen LogP contribution in [0.5, 0.6) is 0 Å². The normalized spacial score (nSPS) is 19.3. The minimum atomic E-state index is -0.243. The quantitative estimate of drug-likeness (QED) is 0.859. The maximum absolute atomic E-state index is 13.1. The van der Waals surface area contributed by atoms with Crippen molar-refractivity contribution in [1.29, 1.82) is 0 Å². The molecular formula is C15H15FN4O. The van der Waals surface area contributed by atoms with Crippen molar-refractivity contribution >= 4 is 11.7 Å². The Hall–Kier alpha value is -2.50. The van der Waals surface area contributed by atoms with E-state index in [2.05, 4.69) is 15.1 Å². The van der Waals surface area contributed by atoms with Crippen LogP contribution in [0.25, 0.3) is 0 Å². The first-order valence-electron chi connectivity index (χ1n) is 6.64. The molecule has 1 aromatic heterocycles. The van der Waals surface area contributed by atoms with Gasteiger partial charge in [0, 0.05) is 18.2 Å². The van der Waals surface area contributed by atoms with E-state index in [4.69, 9.17) is 10.6 Å². The lowest BCUT2D eigenvalue weighted by Crippen LogP contribution is -2.22. The summed E-state index contributed by atoms with van der Waals surface area (Å²) in [5, 5.41) is 4.07. The Morgan fingerprint density at radius 2 is 2.05 bits per heavy atom. The van der Waals surface area contributed by atoms with E-state index < -0.39 is 0 Å². The first-order valence-corrected chi connectivity index (χ1v) is 6.64. The average Bonchev–Trinajstić information content (AvgIpc) is 2.47. The molecule has 108 valence electrons. The zero-order valence-electron chi connectivity index (χ0n) is 11.6. The van der Waals surface area contributed by atoms with Crippen molar-refractivity contribution in [3.8, 4) is 0 Å². The van der Waals surface area contributed by atoms with Gasteiger partial charge in [-0.2, -0.15) is 0 Å². The van der Waals surface area contributed by atoms with Gasteiger partial charge in [-0.25, -0.2) is 14.4 Å². The first kappa shape index (κ1) is 13.5. The van der Waals surface area contributed by atoms with Gasteiger partial charge in [0.25, 0.3) is 0 Å². The summed E-state index contributed by atoms with van der Waals surface area (Å²) in [6.45, 7) is 0. The number of oxime groups is 1. The molecule has 0 saturated carbocycles. The van der Waals surface area contributed by atoms with Gasteiger partial charge in [0.15, 0.2) is 0 Å². The molecule has 1 aliphatic carbocycles. The summed E-state index contributed by atoms with van der Waals surface area (Å²) >= 11 is 0. The van der Waals surface area contributed by atoms with Crippen LogP contribution < -0.4 is 5.73 Å². The Labute approximate surface area is 121 Å². The Morgan fingerprint density at radius 1 is 1.29 bits per heavy atom. The standard InChI is InChI=1S/C15H15FN4O/c1-21-20-14-7-10(9-2-4-11(16)5-3-9)6-13-12(14)8-18-15(17)19-13/h2-5,8,10H,6-7H2,1H3,(H2,17,18,19). The van der Waals surface area contributed by atoms with Gasteiger partial charge in [-0.3, -0.25) is 0 Å². The Morgan fingerprint density at radius 3 is 2.76 bits per heavy atom. The highest BCUT2D eigenvalue weighted by Gasteiger charge is 2.27. The molecule has 3 rings (SSSR count). The van der Waals surface area contributed by atoms with E-state index in [0.29, 0.717) is 6.42 Å². The highest BCUT2D eigenvalue weighted by molar-refractivity contribution is 6.02. The van der Waals surface area contributed by atoms with Crippen LogP contribution in [0.15, 0.2) is 35.6 Å². The van der Waals surface area contributed by atoms with Gasteiger partial charge in [0.1, 0.15) is 12.9 Å². The third-order valence-corrected chi connectivity index (χ3v) is 3.62. The fraction of sp³-hybridized carbons (Fsp3) is 0.267. The summed E-state index contributed by atoms with van der Waals surface area (Å²) in [6, 6.07) is 6.51. The molecule has 6 heteroatoms. The summed E-state index contributed by atoms with van der Waals surface area (Å²) in [4.78, 5) is 13.2. The van der Waals surface area contributed by atoms with Crippen LogP contribution in [0.2, 0.25) is 0 Å². The molecule has 1 heterocycles. The van der Waals surface area contributed by atoms with Crippen LogP contribution in [0.4, 0.5) is 10.3 Å². The van der Waals surface area contributed by atoms with Crippen LogP contribution in [0, 0.1) is 5.82 Å². The van der Waals surface area contributed by atoms with Gasteiger partial charge in [-0.15, -0.1) is 0 Å². The number of nitrogens with two attached hydrogens (primary N) is 1. The van der Waals surface area contributed by atoms with Gasteiger partial charge in [-0.05, 0) is 30.0 Å². The molecule has 0 bridgehead atoms. The molecular weight excluding hydrogens is 271 g/mol. The molecule has 21 heavy (non-hydrogen) atoms. The van der Waals surface area contributed by atoms with Crippen LogP contribution >= 0.6 is 0 Å². The van der Waals surface area contributed by atoms with E-state index in [9.17, 15) is 4.39 Å². The Balaban J connectivity index is 2.00. The topological polar surface area (TPSA) is 73.4 Å². The van der Waals surface area contributed by atoms with Gasteiger partial charge < -0.3 is 10.6 Å². The highest BCUT2D eigenvalue weighted by atomic mass is 19.1. The number of fused-ring (bicyclic) bond motifs is 1. The first-order chi connectivity index (χ1) is 10.2. The Bertz CT molecular complexity index is 685. The van der Waals surface area contributed by atoms with Gasteiger partial charge >= 0.3 is 0 Å². The minimum absolute atomic E-state index is 0.168. The smallest absolute Gasteiger partial charge is 0.220 e. The second-order valence-corrected chi connectivity index (χ2v) is 4.97. The van der Waals surface area contributed by atoms with E-state index in [1.807, 2.05) is 0 Å². The van der Waals surface area contributed by atoms with Crippen molar-refractivity contribution in [1.82, 2.24) is 9.97 Å². The second-order valence-electron chi connectivity index (χ2n) is 4.97. The number of nitrogen functional groups attached to an aromatic ring is 1. The van der Waals surface area contributed by atoms with E-state index >= 15 is 0 Å². The minimum Gasteiger partial charge on any atom is -0.399 e. The van der Waals surface area contributed by atoms with E-state index in [0.717, 1.165) is 29.0 Å². The van der Waals surface area contributed by atoms with Crippen molar-refractivity contribution in [2.75, 3.05) is 12.8 Å². The maximum atomic E-state index is 13.1.